The minimum absolute atomic E-state index is 0.109. The second kappa shape index (κ2) is 5.57. The first kappa shape index (κ1) is 13.8. The zero-order valence-electron chi connectivity index (χ0n) is 11.6. The summed E-state index contributed by atoms with van der Waals surface area (Å²) >= 11 is 0. The number of carboxylic acid groups (broad SMARTS) is 1. The molecule has 2 N–H and O–H groups in total. The number of hydrogen-bond acceptors (Lipinski definition) is 3. The Balaban J connectivity index is 2.00. The number of hydrogen-bond donors (Lipinski definition) is 2. The molecule has 0 aromatic carbocycles. The summed E-state index contributed by atoms with van der Waals surface area (Å²) in [5.74, 6) is -0.698. The van der Waals surface area contributed by atoms with Crippen LogP contribution in [0.3, 0.4) is 0 Å². The van der Waals surface area contributed by atoms with Crippen molar-refractivity contribution in [1.29, 1.82) is 0 Å². The first-order chi connectivity index (χ1) is 8.49. The van der Waals surface area contributed by atoms with Gasteiger partial charge < -0.3 is 10.4 Å². The van der Waals surface area contributed by atoms with Crippen LogP contribution in [0.5, 0.6) is 0 Å². The zero-order chi connectivity index (χ0) is 13.2. The van der Waals surface area contributed by atoms with E-state index in [1.54, 1.807) is 0 Å². The molecule has 0 bridgehead atoms. The van der Waals surface area contributed by atoms with Crippen LogP contribution in [0.15, 0.2) is 0 Å². The predicted octanol–water partition coefficient (Wildman–Crippen LogP) is 1.85. The summed E-state index contributed by atoms with van der Waals surface area (Å²) in [5.41, 5.74) is 0.150. The van der Waals surface area contributed by atoms with Gasteiger partial charge >= 0.3 is 5.97 Å². The molecule has 1 atom stereocenters. The van der Waals surface area contributed by atoms with Crippen molar-refractivity contribution in [2.24, 2.45) is 0 Å². The zero-order valence-corrected chi connectivity index (χ0v) is 11.6. The topological polar surface area (TPSA) is 52.6 Å². The van der Waals surface area contributed by atoms with E-state index in [2.05, 4.69) is 24.1 Å². The third-order valence-electron chi connectivity index (χ3n) is 4.45. The van der Waals surface area contributed by atoms with E-state index in [0.29, 0.717) is 6.04 Å². The second-order valence-corrected chi connectivity index (χ2v) is 6.43. The molecule has 1 aliphatic carbocycles. The van der Waals surface area contributed by atoms with Crippen LogP contribution in [0.4, 0.5) is 0 Å². The van der Waals surface area contributed by atoms with Gasteiger partial charge in [-0.25, -0.2) is 0 Å². The van der Waals surface area contributed by atoms with Crippen molar-refractivity contribution in [2.75, 3.05) is 13.1 Å². The molecule has 4 nitrogen and oxygen atoms in total. The van der Waals surface area contributed by atoms with Gasteiger partial charge in [0.15, 0.2) is 0 Å². The Morgan fingerprint density at radius 2 is 2.00 bits per heavy atom. The average Bonchev–Trinajstić information content (AvgIpc) is 2.32. The third kappa shape index (κ3) is 3.23. The molecule has 1 heterocycles. The van der Waals surface area contributed by atoms with E-state index in [-0.39, 0.29) is 18.0 Å². The van der Waals surface area contributed by atoms with Crippen LogP contribution in [0, 0.1) is 0 Å². The molecule has 0 aromatic rings. The van der Waals surface area contributed by atoms with E-state index in [1.165, 1.54) is 32.1 Å². The maximum atomic E-state index is 10.9. The molecule has 0 amide bonds. The molecule has 1 saturated carbocycles. The SMILES string of the molecule is CC1(C)CNC(CC(=O)O)CN1C1CCCCC1. The maximum absolute atomic E-state index is 10.9. The van der Waals surface area contributed by atoms with Crippen molar-refractivity contribution in [2.45, 2.75) is 70.0 Å². The summed E-state index contributed by atoms with van der Waals surface area (Å²) in [6.45, 7) is 6.31. The van der Waals surface area contributed by atoms with Crippen LogP contribution in [0.2, 0.25) is 0 Å². The van der Waals surface area contributed by atoms with E-state index >= 15 is 0 Å². The molecule has 4 heteroatoms. The van der Waals surface area contributed by atoms with Crippen LogP contribution >= 0.6 is 0 Å². The number of aliphatic carboxylic acids is 1. The fraction of sp³-hybridized carbons (Fsp3) is 0.929. The quantitative estimate of drug-likeness (QED) is 0.807. The van der Waals surface area contributed by atoms with E-state index in [1.807, 2.05) is 0 Å². The summed E-state index contributed by atoms with van der Waals surface area (Å²) in [6.07, 6.45) is 6.82. The minimum atomic E-state index is -0.698. The predicted molar refractivity (Wildman–Crippen MR) is 71.7 cm³/mol. The molecule has 1 unspecified atom stereocenters. The third-order valence-corrected chi connectivity index (χ3v) is 4.45. The fourth-order valence-electron chi connectivity index (χ4n) is 3.43. The van der Waals surface area contributed by atoms with Gasteiger partial charge in [0.2, 0.25) is 0 Å². The Bertz CT molecular complexity index is 298. The first-order valence-corrected chi connectivity index (χ1v) is 7.21. The molecule has 0 radical (unpaired) electrons. The number of piperazine rings is 1. The van der Waals surface area contributed by atoms with Gasteiger partial charge in [0.05, 0.1) is 6.42 Å². The standard InChI is InChI=1S/C14H26N2O2/c1-14(2)10-15-11(8-13(17)18)9-16(14)12-6-4-3-5-7-12/h11-12,15H,3-10H2,1-2H3,(H,17,18). The molecule has 18 heavy (non-hydrogen) atoms. The van der Waals surface area contributed by atoms with Gasteiger partial charge in [-0.15, -0.1) is 0 Å². The van der Waals surface area contributed by atoms with Crippen LogP contribution in [0.1, 0.15) is 52.4 Å². The van der Waals surface area contributed by atoms with E-state index in [4.69, 9.17) is 5.11 Å². The van der Waals surface area contributed by atoms with Crippen molar-refractivity contribution >= 4 is 5.97 Å². The molecular weight excluding hydrogens is 228 g/mol. The van der Waals surface area contributed by atoms with Gasteiger partial charge in [0, 0.05) is 30.7 Å². The number of nitrogens with zero attached hydrogens (tertiary/aromatic N) is 1. The number of nitrogens with one attached hydrogen (secondary N) is 1. The molecule has 0 aromatic heterocycles. The Hall–Kier alpha value is -0.610. The Labute approximate surface area is 110 Å². The van der Waals surface area contributed by atoms with Gasteiger partial charge in [0.1, 0.15) is 0 Å². The molecule has 2 aliphatic rings. The normalized spacial score (nSPS) is 30.2. The molecule has 0 spiro atoms. The highest BCUT2D eigenvalue weighted by Crippen LogP contribution is 2.30. The lowest BCUT2D eigenvalue weighted by Crippen LogP contribution is -2.65. The van der Waals surface area contributed by atoms with Crippen LogP contribution in [0.25, 0.3) is 0 Å². The molecule has 1 saturated heterocycles. The summed E-state index contributed by atoms with van der Waals surface area (Å²) in [5, 5.41) is 12.3. The van der Waals surface area contributed by atoms with E-state index in [0.717, 1.165) is 13.1 Å². The smallest absolute Gasteiger partial charge is 0.304 e. The fourth-order valence-corrected chi connectivity index (χ4v) is 3.43. The maximum Gasteiger partial charge on any atom is 0.304 e. The molecule has 1 aliphatic heterocycles. The minimum Gasteiger partial charge on any atom is -0.481 e. The van der Waals surface area contributed by atoms with Crippen LogP contribution < -0.4 is 5.32 Å². The Morgan fingerprint density at radius 1 is 1.33 bits per heavy atom. The van der Waals surface area contributed by atoms with Crippen LogP contribution in [-0.2, 0) is 4.79 Å². The van der Waals surface area contributed by atoms with Gasteiger partial charge in [-0.1, -0.05) is 19.3 Å². The van der Waals surface area contributed by atoms with E-state index in [9.17, 15) is 4.79 Å². The lowest BCUT2D eigenvalue weighted by atomic mass is 9.87. The lowest BCUT2D eigenvalue weighted by Gasteiger charge is -2.50. The van der Waals surface area contributed by atoms with E-state index < -0.39 is 5.97 Å². The van der Waals surface area contributed by atoms with Crippen LogP contribution in [-0.4, -0.2) is 46.7 Å². The van der Waals surface area contributed by atoms with Gasteiger partial charge in [0.25, 0.3) is 0 Å². The lowest BCUT2D eigenvalue weighted by molar-refractivity contribution is -0.138. The summed E-state index contributed by atoms with van der Waals surface area (Å²) in [4.78, 5) is 13.4. The van der Waals surface area contributed by atoms with Crippen molar-refractivity contribution in [3.63, 3.8) is 0 Å². The Kier molecular flexibility index (Phi) is 4.28. The van der Waals surface area contributed by atoms with Crippen molar-refractivity contribution < 1.29 is 9.90 Å². The van der Waals surface area contributed by atoms with Crippen molar-refractivity contribution in [1.82, 2.24) is 10.2 Å². The van der Waals surface area contributed by atoms with Crippen molar-refractivity contribution in [3.8, 4) is 0 Å². The molecular formula is C14H26N2O2. The monoisotopic (exact) mass is 254 g/mol. The largest absolute Gasteiger partial charge is 0.481 e. The van der Waals surface area contributed by atoms with Gasteiger partial charge in [-0.2, -0.15) is 0 Å². The highest BCUT2D eigenvalue weighted by molar-refractivity contribution is 5.67. The number of carboxylic acids is 1. The Morgan fingerprint density at radius 3 is 2.61 bits per heavy atom. The van der Waals surface area contributed by atoms with Crippen molar-refractivity contribution in [3.05, 3.63) is 0 Å². The molecule has 104 valence electrons. The average molecular weight is 254 g/mol. The van der Waals surface area contributed by atoms with Gasteiger partial charge in [-0.05, 0) is 26.7 Å². The first-order valence-electron chi connectivity index (χ1n) is 7.21. The summed E-state index contributed by atoms with van der Waals surface area (Å²) in [7, 11) is 0. The number of rotatable bonds is 3. The van der Waals surface area contributed by atoms with Gasteiger partial charge in [-0.3, -0.25) is 9.69 Å². The molecule has 2 fully saturated rings. The molecule has 2 rings (SSSR count). The second-order valence-electron chi connectivity index (χ2n) is 6.43. The number of carbonyl (C=O) groups is 1. The summed E-state index contributed by atoms with van der Waals surface area (Å²) < 4.78 is 0. The summed E-state index contributed by atoms with van der Waals surface area (Å²) in [6, 6.07) is 0.768. The highest BCUT2D eigenvalue weighted by Gasteiger charge is 2.38. The highest BCUT2D eigenvalue weighted by atomic mass is 16.4.